The first-order chi connectivity index (χ1) is 19.6. The maximum atomic E-state index is 13.3. The van der Waals surface area contributed by atoms with Crippen LogP contribution in [0.3, 0.4) is 0 Å². The van der Waals surface area contributed by atoms with Crippen LogP contribution < -0.4 is 14.8 Å². The van der Waals surface area contributed by atoms with E-state index >= 15 is 0 Å². The predicted molar refractivity (Wildman–Crippen MR) is 152 cm³/mol. The van der Waals surface area contributed by atoms with Crippen LogP contribution in [0, 0.1) is 6.92 Å². The summed E-state index contributed by atoms with van der Waals surface area (Å²) in [6.45, 7) is 1.89. The number of hydrogen-bond donors (Lipinski definition) is 1. The van der Waals surface area contributed by atoms with Crippen molar-refractivity contribution in [2.75, 3.05) is 6.54 Å². The number of aromatic nitrogens is 1. The third-order valence-corrected chi connectivity index (χ3v) is 6.18. The lowest BCUT2D eigenvalue weighted by atomic mass is 10.1. The molecule has 0 saturated heterocycles. The number of carbonyl (C=O) groups is 2. The first kappa shape index (κ1) is 26.4. The van der Waals surface area contributed by atoms with Crippen LogP contribution in [0.5, 0.6) is 17.2 Å². The fraction of sp³-hybridized carbons (Fsp3) is 0.121. The van der Waals surface area contributed by atoms with Gasteiger partial charge in [0.15, 0.2) is 11.4 Å². The normalized spacial score (nSPS) is 10.6. The molecule has 40 heavy (non-hydrogen) atoms. The Balaban J connectivity index is 1.38. The number of rotatable bonds is 10. The first-order valence-corrected chi connectivity index (χ1v) is 12.9. The number of para-hydroxylation sites is 1. The van der Waals surface area contributed by atoms with E-state index in [1.54, 1.807) is 0 Å². The second-order valence-corrected chi connectivity index (χ2v) is 9.10. The summed E-state index contributed by atoms with van der Waals surface area (Å²) in [5.41, 5.74) is 2.52. The van der Waals surface area contributed by atoms with Gasteiger partial charge in [0.2, 0.25) is 0 Å². The van der Waals surface area contributed by atoms with Crippen molar-refractivity contribution in [1.29, 1.82) is 0 Å². The molecule has 4 aromatic carbocycles. The van der Waals surface area contributed by atoms with E-state index < -0.39 is 11.9 Å². The summed E-state index contributed by atoms with van der Waals surface area (Å²) in [5, 5.41) is 4.13. The van der Waals surface area contributed by atoms with Gasteiger partial charge in [-0.1, -0.05) is 78.9 Å². The molecule has 5 rings (SSSR count). The highest BCUT2D eigenvalue weighted by atomic mass is 16.5. The molecular weight excluding hydrogens is 504 g/mol. The monoisotopic (exact) mass is 532 g/mol. The summed E-state index contributed by atoms with van der Waals surface area (Å²) in [6.07, 6.45) is 0. The van der Waals surface area contributed by atoms with Gasteiger partial charge >= 0.3 is 5.97 Å². The lowest BCUT2D eigenvalue weighted by molar-refractivity contribution is -0.143. The van der Waals surface area contributed by atoms with E-state index in [1.807, 2.05) is 116 Å². The quantitative estimate of drug-likeness (QED) is 0.210. The summed E-state index contributed by atoms with van der Waals surface area (Å²) in [4.78, 5) is 30.2. The maximum Gasteiger partial charge on any atom is 0.325 e. The van der Waals surface area contributed by atoms with Gasteiger partial charge in [0, 0.05) is 16.5 Å². The Morgan fingerprint density at radius 3 is 2.02 bits per heavy atom. The van der Waals surface area contributed by atoms with Gasteiger partial charge in [0.1, 0.15) is 31.3 Å². The molecule has 200 valence electrons. The van der Waals surface area contributed by atoms with E-state index in [2.05, 4.69) is 10.3 Å². The van der Waals surface area contributed by atoms with E-state index in [0.717, 1.165) is 16.5 Å². The van der Waals surface area contributed by atoms with Crippen LogP contribution in [0.25, 0.3) is 10.8 Å². The van der Waals surface area contributed by atoms with Gasteiger partial charge in [-0.15, -0.1) is 0 Å². The van der Waals surface area contributed by atoms with Gasteiger partial charge in [-0.3, -0.25) is 9.59 Å². The maximum absolute atomic E-state index is 13.3. The molecule has 0 aliphatic carbocycles. The molecule has 0 unspecified atom stereocenters. The average Bonchev–Trinajstić information content (AvgIpc) is 3.00. The molecular formula is C33H28N2O5. The third kappa shape index (κ3) is 6.63. The number of nitrogens with one attached hydrogen (secondary N) is 1. The molecule has 1 amide bonds. The Morgan fingerprint density at radius 1 is 0.725 bits per heavy atom. The smallest absolute Gasteiger partial charge is 0.325 e. The molecule has 0 bridgehead atoms. The molecule has 7 heteroatoms. The summed E-state index contributed by atoms with van der Waals surface area (Å²) >= 11 is 0. The topological polar surface area (TPSA) is 86.8 Å². The van der Waals surface area contributed by atoms with Crippen LogP contribution in [0.1, 0.15) is 27.3 Å². The van der Waals surface area contributed by atoms with Gasteiger partial charge < -0.3 is 19.5 Å². The minimum atomic E-state index is -0.552. The van der Waals surface area contributed by atoms with Crippen LogP contribution in [0.4, 0.5) is 0 Å². The SMILES string of the molecule is Cc1nc(C(=O)NCC(=O)OCc2ccccc2)c(OCc2ccccc2)c2ccc(Oc3ccccc3)cc12. The fourth-order valence-corrected chi connectivity index (χ4v) is 4.17. The molecule has 1 N–H and O–H groups in total. The minimum absolute atomic E-state index is 0.0912. The van der Waals surface area contributed by atoms with E-state index in [4.69, 9.17) is 14.2 Å². The predicted octanol–water partition coefficient (Wildman–Crippen LogP) is 6.39. The molecule has 0 aliphatic rings. The highest BCUT2D eigenvalue weighted by Crippen LogP contribution is 2.35. The van der Waals surface area contributed by atoms with E-state index in [9.17, 15) is 9.59 Å². The molecule has 0 spiro atoms. The summed E-state index contributed by atoms with van der Waals surface area (Å²) < 4.78 is 17.5. The second kappa shape index (κ2) is 12.6. The zero-order chi connectivity index (χ0) is 27.7. The van der Waals surface area contributed by atoms with Crippen LogP contribution in [0.15, 0.2) is 109 Å². The zero-order valence-corrected chi connectivity index (χ0v) is 22.0. The first-order valence-electron chi connectivity index (χ1n) is 12.9. The summed E-state index contributed by atoms with van der Waals surface area (Å²) in [6, 6.07) is 34.0. The van der Waals surface area contributed by atoms with Gasteiger partial charge in [-0.05, 0) is 48.4 Å². The van der Waals surface area contributed by atoms with E-state index in [1.165, 1.54) is 0 Å². The van der Waals surface area contributed by atoms with Crippen molar-refractivity contribution >= 4 is 22.6 Å². The standard InChI is InChI=1S/C33H28N2O5/c1-23-29-19-27(40-26-15-9-4-10-16-26)17-18-28(29)32(39-22-25-13-7-3-8-14-25)31(35-23)33(37)34-20-30(36)38-21-24-11-5-2-6-12-24/h2-19H,20-22H2,1H3,(H,34,37). The van der Waals surface area contributed by atoms with Crippen LogP contribution in [-0.2, 0) is 22.7 Å². The summed E-state index contributed by atoms with van der Waals surface area (Å²) in [7, 11) is 0. The number of amides is 1. The van der Waals surface area contributed by atoms with E-state index in [-0.39, 0.29) is 25.5 Å². The number of esters is 1. The number of carbonyl (C=O) groups excluding carboxylic acids is 2. The Morgan fingerprint density at radius 2 is 1.35 bits per heavy atom. The number of hydrogen-bond acceptors (Lipinski definition) is 6. The lowest BCUT2D eigenvalue weighted by Crippen LogP contribution is -2.31. The molecule has 1 heterocycles. The molecule has 0 aliphatic heterocycles. The van der Waals surface area contributed by atoms with Crippen molar-refractivity contribution < 1.29 is 23.8 Å². The van der Waals surface area contributed by atoms with Crippen molar-refractivity contribution in [2.24, 2.45) is 0 Å². The van der Waals surface area contributed by atoms with Crippen LogP contribution in [0.2, 0.25) is 0 Å². The Hall–Kier alpha value is -5.17. The Bertz CT molecular complexity index is 1610. The summed E-state index contributed by atoms with van der Waals surface area (Å²) in [5.74, 6) is 0.587. The van der Waals surface area contributed by atoms with Crippen molar-refractivity contribution in [1.82, 2.24) is 10.3 Å². The number of pyridine rings is 1. The number of fused-ring (bicyclic) bond motifs is 1. The van der Waals surface area contributed by atoms with Crippen molar-refractivity contribution in [3.63, 3.8) is 0 Å². The number of ether oxygens (including phenoxy) is 3. The van der Waals surface area contributed by atoms with Gasteiger partial charge in [-0.2, -0.15) is 0 Å². The lowest BCUT2D eigenvalue weighted by Gasteiger charge is -2.16. The van der Waals surface area contributed by atoms with E-state index in [0.29, 0.717) is 28.3 Å². The van der Waals surface area contributed by atoms with Crippen molar-refractivity contribution in [3.8, 4) is 17.2 Å². The Kier molecular flexibility index (Phi) is 8.32. The highest BCUT2D eigenvalue weighted by Gasteiger charge is 2.21. The van der Waals surface area contributed by atoms with Crippen molar-refractivity contribution in [2.45, 2.75) is 20.1 Å². The molecule has 7 nitrogen and oxygen atoms in total. The number of nitrogens with zero attached hydrogens (tertiary/aromatic N) is 1. The Labute approximate surface area is 232 Å². The second-order valence-electron chi connectivity index (χ2n) is 9.10. The third-order valence-electron chi connectivity index (χ3n) is 6.18. The molecule has 5 aromatic rings. The zero-order valence-electron chi connectivity index (χ0n) is 22.0. The fourth-order valence-electron chi connectivity index (χ4n) is 4.17. The van der Waals surface area contributed by atoms with Crippen LogP contribution >= 0.6 is 0 Å². The molecule has 0 atom stereocenters. The average molecular weight is 533 g/mol. The van der Waals surface area contributed by atoms with Gasteiger partial charge in [0.05, 0.1) is 0 Å². The highest BCUT2D eigenvalue weighted by molar-refractivity contribution is 6.03. The molecule has 0 radical (unpaired) electrons. The van der Waals surface area contributed by atoms with Crippen LogP contribution in [-0.4, -0.2) is 23.4 Å². The van der Waals surface area contributed by atoms with Gasteiger partial charge in [-0.25, -0.2) is 4.98 Å². The van der Waals surface area contributed by atoms with Crippen molar-refractivity contribution in [3.05, 3.63) is 132 Å². The molecule has 0 fully saturated rings. The minimum Gasteiger partial charge on any atom is -0.486 e. The molecule has 0 saturated carbocycles. The largest absolute Gasteiger partial charge is 0.486 e. The number of aryl methyl sites for hydroxylation is 1. The number of benzene rings is 4. The van der Waals surface area contributed by atoms with Gasteiger partial charge in [0.25, 0.3) is 5.91 Å². The molecule has 1 aromatic heterocycles.